The monoisotopic (exact) mass is 340 g/mol. The number of aromatic nitrogens is 4. The van der Waals surface area contributed by atoms with Crippen molar-refractivity contribution in [1.29, 1.82) is 0 Å². The largest absolute Gasteiger partial charge is 0.276 e. The summed E-state index contributed by atoms with van der Waals surface area (Å²) in [4.78, 5) is 0. The van der Waals surface area contributed by atoms with Gasteiger partial charge in [-0.1, -0.05) is 68.4 Å². The molecule has 0 aliphatic carbocycles. The Hall–Kier alpha value is -2.93. The van der Waals surface area contributed by atoms with E-state index in [-0.39, 0.29) is 4.64 Å². The number of nitrogens with one attached hydrogen (secondary N) is 1. The van der Waals surface area contributed by atoms with Crippen LogP contribution in [0.1, 0.15) is 13.8 Å². The van der Waals surface area contributed by atoms with Gasteiger partial charge in [0.05, 0.1) is 0 Å². The molecule has 1 N–H and O–H groups in total. The van der Waals surface area contributed by atoms with Crippen molar-refractivity contribution >= 4 is 26.7 Å². The molecule has 0 aliphatic heterocycles. The van der Waals surface area contributed by atoms with Crippen LogP contribution in [0.15, 0.2) is 54.6 Å². The van der Waals surface area contributed by atoms with Crippen molar-refractivity contribution in [3.8, 4) is 11.4 Å². The molecule has 4 rings (SSSR count). The van der Waals surface area contributed by atoms with Gasteiger partial charge in [0.15, 0.2) is 16.1 Å². The molecule has 0 saturated heterocycles. The average molecular weight is 340 g/mol. The van der Waals surface area contributed by atoms with Gasteiger partial charge in [0.2, 0.25) is 10.3 Å². The highest BCUT2D eigenvalue weighted by Crippen LogP contribution is 2.22. The molecule has 24 heavy (non-hydrogen) atoms. The van der Waals surface area contributed by atoms with Crippen LogP contribution in [0.3, 0.4) is 0 Å². The summed E-state index contributed by atoms with van der Waals surface area (Å²) in [5.41, 5.74) is 1.44. The van der Waals surface area contributed by atoms with E-state index in [4.69, 9.17) is 0 Å². The Morgan fingerprint density at radius 2 is 1.50 bits per heavy atom. The zero-order valence-electron chi connectivity index (χ0n) is 13.3. The first-order valence-electron chi connectivity index (χ1n) is 7.59. The summed E-state index contributed by atoms with van der Waals surface area (Å²) in [7, 11) is -2.39. The number of hydrogen-bond donors (Lipinski definition) is 1. The van der Waals surface area contributed by atoms with E-state index in [9.17, 15) is 8.42 Å². The Morgan fingerprint density at radius 3 is 2.17 bits per heavy atom. The van der Waals surface area contributed by atoms with Crippen molar-refractivity contribution in [3.05, 3.63) is 59.2 Å². The zero-order valence-corrected chi connectivity index (χ0v) is 14.1. The van der Waals surface area contributed by atoms with Crippen LogP contribution in [0.25, 0.3) is 27.8 Å². The number of H-pyrrole nitrogens is 1. The Kier molecular flexibility index (Phi) is 4.43. The Bertz CT molecular complexity index is 1170. The Balaban J connectivity index is 0.000000815. The van der Waals surface area contributed by atoms with E-state index in [1.807, 2.05) is 56.3 Å². The molecule has 6 nitrogen and oxygen atoms in total. The van der Waals surface area contributed by atoms with E-state index in [0.717, 1.165) is 10.9 Å². The predicted octanol–water partition coefficient (Wildman–Crippen LogP) is 3.31. The summed E-state index contributed by atoms with van der Waals surface area (Å²) in [6.07, 6.45) is 0. The minimum atomic E-state index is -2.39. The van der Waals surface area contributed by atoms with Gasteiger partial charge < -0.3 is 0 Å². The molecule has 4 aromatic rings. The van der Waals surface area contributed by atoms with E-state index in [1.54, 1.807) is 16.6 Å². The second-order valence-corrected chi connectivity index (χ2v) is 5.65. The van der Waals surface area contributed by atoms with Crippen molar-refractivity contribution < 1.29 is 8.42 Å². The van der Waals surface area contributed by atoms with Gasteiger partial charge in [-0.2, -0.15) is 8.42 Å². The molecule has 0 aliphatic rings. The van der Waals surface area contributed by atoms with Gasteiger partial charge in [-0.15, -0.1) is 10.2 Å². The number of rotatable bonds is 1. The second kappa shape index (κ2) is 6.67. The fraction of sp³-hybridized carbons (Fsp3) is 0.118. The topological polar surface area (TPSA) is 80.1 Å². The minimum Gasteiger partial charge on any atom is -0.276 e. The minimum absolute atomic E-state index is 0.111. The number of aromatic amines is 1. The van der Waals surface area contributed by atoms with Crippen molar-refractivity contribution in [1.82, 2.24) is 19.8 Å². The van der Waals surface area contributed by atoms with Crippen LogP contribution in [0, 0.1) is 4.64 Å². The van der Waals surface area contributed by atoms with Crippen LogP contribution in [-0.2, 0) is 10.3 Å². The van der Waals surface area contributed by atoms with Gasteiger partial charge in [-0.05, 0) is 0 Å². The highest BCUT2D eigenvalue weighted by molar-refractivity contribution is 7.64. The van der Waals surface area contributed by atoms with E-state index >= 15 is 0 Å². The van der Waals surface area contributed by atoms with Gasteiger partial charge in [0, 0.05) is 16.3 Å². The lowest BCUT2D eigenvalue weighted by Gasteiger charge is -2.03. The quantitative estimate of drug-likeness (QED) is 0.539. The van der Waals surface area contributed by atoms with Gasteiger partial charge in [-0.3, -0.25) is 5.10 Å². The molecule has 0 saturated carbocycles. The zero-order chi connectivity index (χ0) is 17.1. The maximum atomic E-state index is 11.5. The van der Waals surface area contributed by atoms with Gasteiger partial charge in [0.25, 0.3) is 0 Å². The normalized spacial score (nSPS) is 10.4. The lowest BCUT2D eigenvalue weighted by atomic mass is 10.2. The molecule has 2 heterocycles. The van der Waals surface area contributed by atoms with Crippen LogP contribution in [0.5, 0.6) is 0 Å². The molecular formula is C17H16N4O2S. The summed E-state index contributed by atoms with van der Waals surface area (Å²) >= 11 is 0. The van der Waals surface area contributed by atoms with Crippen LogP contribution in [-0.4, -0.2) is 28.2 Å². The van der Waals surface area contributed by atoms with Crippen LogP contribution >= 0.6 is 0 Å². The molecule has 0 fully saturated rings. The third kappa shape index (κ3) is 2.59. The fourth-order valence-corrected chi connectivity index (χ4v) is 3.03. The summed E-state index contributed by atoms with van der Waals surface area (Å²) in [6.45, 7) is 4.00. The van der Waals surface area contributed by atoms with E-state index in [1.165, 1.54) is 0 Å². The molecule has 122 valence electrons. The number of hydrogen-bond acceptors (Lipinski definition) is 4. The summed E-state index contributed by atoms with van der Waals surface area (Å²) in [5.74, 6) is 0.563. The second-order valence-electron chi connectivity index (χ2n) is 4.77. The van der Waals surface area contributed by atoms with Crippen LogP contribution in [0.4, 0.5) is 0 Å². The first-order valence-corrected chi connectivity index (χ1v) is 8.67. The smallest absolute Gasteiger partial charge is 0.240 e. The highest BCUT2D eigenvalue weighted by Gasteiger charge is 2.12. The van der Waals surface area contributed by atoms with Gasteiger partial charge >= 0.3 is 0 Å². The van der Waals surface area contributed by atoms with E-state index < -0.39 is 10.3 Å². The van der Waals surface area contributed by atoms with Crippen molar-refractivity contribution in [2.75, 3.05) is 0 Å². The number of nitrogens with zero attached hydrogens (tertiary/aromatic N) is 3. The molecule has 0 unspecified atom stereocenters. The Labute approximate surface area is 139 Å². The molecule has 0 bridgehead atoms. The molecule has 0 atom stereocenters. The summed E-state index contributed by atoms with van der Waals surface area (Å²) in [5, 5.41) is 12.6. The Morgan fingerprint density at radius 1 is 0.875 bits per heavy atom. The third-order valence-corrected chi connectivity index (χ3v) is 4.13. The molecule has 0 spiro atoms. The van der Waals surface area contributed by atoms with Crippen LogP contribution in [0.2, 0.25) is 0 Å². The molecule has 0 amide bonds. The molecule has 0 radical (unpaired) electrons. The summed E-state index contributed by atoms with van der Waals surface area (Å²) in [6, 6.07) is 16.7. The predicted molar refractivity (Wildman–Crippen MR) is 93.8 cm³/mol. The molecule has 2 aromatic carbocycles. The fourth-order valence-electron chi connectivity index (χ4n) is 2.50. The van der Waals surface area contributed by atoms with Crippen LogP contribution < -0.4 is 0 Å². The molecular weight excluding hydrogens is 324 g/mol. The van der Waals surface area contributed by atoms with Gasteiger partial charge in [0.1, 0.15) is 0 Å². The maximum absolute atomic E-state index is 11.5. The van der Waals surface area contributed by atoms with Crippen molar-refractivity contribution in [2.45, 2.75) is 13.8 Å². The summed E-state index contributed by atoms with van der Waals surface area (Å²) < 4.78 is 24.8. The number of benzene rings is 2. The SMILES string of the molecule is CC.O=S(=O)=c1[nH]n2c(-c3ccccc3)nnc2c2ccccc12. The first kappa shape index (κ1) is 15.9. The first-order chi connectivity index (χ1) is 11.8. The highest BCUT2D eigenvalue weighted by atomic mass is 32.2. The maximum Gasteiger partial charge on any atom is 0.240 e. The number of fused-ring (bicyclic) bond motifs is 3. The van der Waals surface area contributed by atoms with Crippen molar-refractivity contribution in [3.63, 3.8) is 0 Å². The lowest BCUT2D eigenvalue weighted by Crippen LogP contribution is -1.98. The van der Waals surface area contributed by atoms with Gasteiger partial charge in [-0.25, -0.2) is 4.52 Å². The standard InChI is InChI=1S/C15H10N4O2S.C2H6/c20-22(21)15-12-9-5-4-8-11(12)14-17-16-13(19(14)18-15)10-6-2-1-3-7-10;1-2/h1-9,18H;1-2H3. The van der Waals surface area contributed by atoms with Crippen molar-refractivity contribution in [2.24, 2.45) is 0 Å². The van der Waals surface area contributed by atoms with E-state index in [2.05, 4.69) is 15.3 Å². The third-order valence-electron chi connectivity index (χ3n) is 3.49. The van der Waals surface area contributed by atoms with E-state index in [0.29, 0.717) is 16.9 Å². The molecule has 2 aromatic heterocycles. The average Bonchev–Trinajstić information content (AvgIpc) is 3.07. The lowest BCUT2D eigenvalue weighted by molar-refractivity contribution is 0.623. The molecule has 7 heteroatoms.